The smallest absolute Gasteiger partial charge is 0.366 e. The summed E-state index contributed by atoms with van der Waals surface area (Å²) in [5.41, 5.74) is 0.580. The van der Waals surface area contributed by atoms with Gasteiger partial charge in [-0.15, -0.1) is 0 Å². The maximum Gasteiger partial charge on any atom is 1.00 e. The molecule has 15 heavy (non-hydrogen) atoms. The van der Waals surface area contributed by atoms with Gasteiger partial charge in [-0.25, -0.2) is 0 Å². The first-order chi connectivity index (χ1) is 6.70. The van der Waals surface area contributed by atoms with Gasteiger partial charge < -0.3 is 19.5 Å². The summed E-state index contributed by atoms with van der Waals surface area (Å²) in [5.74, 6) is 0. The van der Waals surface area contributed by atoms with Crippen molar-refractivity contribution in [3.05, 3.63) is 40.9 Å². The third kappa shape index (κ3) is 2.06. The first kappa shape index (κ1) is 11.8. The summed E-state index contributed by atoms with van der Waals surface area (Å²) in [5, 5.41) is 2.25. The van der Waals surface area contributed by atoms with Crippen molar-refractivity contribution in [3.8, 4) is 0 Å². The van der Waals surface area contributed by atoms with Crippen LogP contribution >= 0.6 is 0 Å². The van der Waals surface area contributed by atoms with E-state index in [1.165, 1.54) is 4.68 Å². The Bertz CT molecular complexity index is 521. The van der Waals surface area contributed by atoms with Crippen molar-refractivity contribution in [3.63, 3.8) is 0 Å². The molecule has 0 aliphatic rings. The van der Waals surface area contributed by atoms with Crippen LogP contribution in [0.15, 0.2) is 29.1 Å². The first-order valence-corrected chi connectivity index (χ1v) is 4.27. The van der Waals surface area contributed by atoms with Crippen LogP contribution in [0, 0.1) is 6.33 Å². The van der Waals surface area contributed by atoms with E-state index < -0.39 is 0 Å². The number of fused-ring (bicyclic) bond motifs is 1. The Labute approximate surface area is 99.7 Å². The second kappa shape index (κ2) is 4.52. The van der Waals surface area contributed by atoms with Gasteiger partial charge in [0.1, 0.15) is 0 Å². The van der Waals surface area contributed by atoms with Gasteiger partial charge in [-0.05, 0) is 10.9 Å². The summed E-state index contributed by atoms with van der Waals surface area (Å²) >= 11 is 0. The molecule has 0 fully saturated rings. The van der Waals surface area contributed by atoms with E-state index in [0.717, 1.165) is 0 Å². The molecule has 1 aromatic carbocycles. The first-order valence-electron chi connectivity index (χ1n) is 4.27. The number of benzene rings is 1. The third-order valence-corrected chi connectivity index (χ3v) is 1.99. The fourth-order valence-corrected chi connectivity index (χ4v) is 1.28. The fourth-order valence-electron chi connectivity index (χ4n) is 1.28. The van der Waals surface area contributed by atoms with Crippen molar-refractivity contribution in [2.24, 2.45) is 0 Å². The molecule has 0 bridgehead atoms. The standard InChI is InChI=1S/C10H10N3O.Li/c1-12(2)13-7-11-9-6-4-3-5-8(9)10(13)14;/h3-6H,1-2H3;/q-1;+1. The van der Waals surface area contributed by atoms with Crippen molar-refractivity contribution in [1.29, 1.82) is 0 Å². The zero-order chi connectivity index (χ0) is 10.1. The number of rotatable bonds is 1. The van der Waals surface area contributed by atoms with E-state index in [-0.39, 0.29) is 24.4 Å². The van der Waals surface area contributed by atoms with Crippen LogP contribution in [-0.2, 0) is 0 Å². The van der Waals surface area contributed by atoms with Crippen LogP contribution < -0.4 is 29.4 Å². The van der Waals surface area contributed by atoms with E-state index in [0.29, 0.717) is 10.9 Å². The number of aromatic nitrogens is 2. The molecule has 0 aliphatic carbocycles. The van der Waals surface area contributed by atoms with E-state index in [1.54, 1.807) is 31.2 Å². The number of nitrogens with zero attached hydrogens (tertiary/aromatic N) is 3. The Balaban J connectivity index is 0.00000112. The summed E-state index contributed by atoms with van der Waals surface area (Å²) in [6, 6.07) is 7.24. The molecule has 2 rings (SSSR count). The minimum Gasteiger partial charge on any atom is -0.366 e. The minimum absolute atomic E-state index is 0. The van der Waals surface area contributed by atoms with E-state index >= 15 is 0 Å². The average Bonchev–Trinajstić information content (AvgIpc) is 2.18. The molecule has 2 aromatic rings. The van der Waals surface area contributed by atoms with Gasteiger partial charge in [0, 0.05) is 20.4 Å². The molecule has 0 saturated heterocycles. The zero-order valence-corrected chi connectivity index (χ0v) is 9.06. The maximum absolute atomic E-state index is 11.8. The van der Waals surface area contributed by atoms with Crippen LogP contribution in [0.5, 0.6) is 0 Å². The Hall–Kier alpha value is -1.24. The van der Waals surface area contributed by atoms with Crippen molar-refractivity contribution in [1.82, 2.24) is 9.66 Å². The Kier molecular flexibility index (Phi) is 3.56. The Morgan fingerprint density at radius 1 is 1.33 bits per heavy atom. The summed E-state index contributed by atoms with van der Waals surface area (Å²) in [6.45, 7) is 0. The summed E-state index contributed by atoms with van der Waals surface area (Å²) in [6.07, 6.45) is 2.66. The molecule has 0 saturated carbocycles. The van der Waals surface area contributed by atoms with Crippen molar-refractivity contribution in [2.75, 3.05) is 19.1 Å². The number of hydrogen-bond acceptors (Lipinski definition) is 3. The quantitative estimate of drug-likeness (QED) is 0.370. The van der Waals surface area contributed by atoms with Crippen LogP contribution in [0.3, 0.4) is 0 Å². The summed E-state index contributed by atoms with van der Waals surface area (Å²) in [4.78, 5) is 15.9. The molecule has 0 spiro atoms. The third-order valence-electron chi connectivity index (χ3n) is 1.99. The monoisotopic (exact) mass is 195 g/mol. The van der Waals surface area contributed by atoms with Crippen LogP contribution in [0.2, 0.25) is 0 Å². The van der Waals surface area contributed by atoms with E-state index in [9.17, 15) is 4.79 Å². The van der Waals surface area contributed by atoms with Crippen LogP contribution in [0.4, 0.5) is 0 Å². The molecule has 0 radical (unpaired) electrons. The normalized spacial score (nSPS) is 9.73. The van der Waals surface area contributed by atoms with Crippen LogP contribution in [-0.4, -0.2) is 23.8 Å². The Morgan fingerprint density at radius 2 is 2.00 bits per heavy atom. The topological polar surface area (TPSA) is 38.1 Å². The molecule has 5 heteroatoms. The largest absolute Gasteiger partial charge is 1.00 e. The molecule has 0 amide bonds. The van der Waals surface area contributed by atoms with Crippen molar-refractivity contribution >= 4 is 10.9 Å². The molecule has 0 atom stereocenters. The number of hydrogen-bond donors (Lipinski definition) is 0. The van der Waals surface area contributed by atoms with E-state index in [4.69, 9.17) is 0 Å². The summed E-state index contributed by atoms with van der Waals surface area (Å²) in [7, 11) is 3.54. The van der Waals surface area contributed by atoms with Gasteiger partial charge in [0.2, 0.25) is 0 Å². The molecule has 72 valence electrons. The molecule has 0 aliphatic heterocycles. The molecule has 1 aromatic heterocycles. The molecule has 1 heterocycles. The second-order valence-electron chi connectivity index (χ2n) is 3.19. The molecule has 0 unspecified atom stereocenters. The van der Waals surface area contributed by atoms with Gasteiger partial charge in [0.05, 0.1) is 0 Å². The van der Waals surface area contributed by atoms with E-state index in [2.05, 4.69) is 11.3 Å². The molecular weight excluding hydrogens is 185 g/mol. The van der Waals surface area contributed by atoms with Gasteiger partial charge in [-0.2, -0.15) is 0 Å². The van der Waals surface area contributed by atoms with Gasteiger partial charge in [-0.1, -0.05) is 24.3 Å². The zero-order valence-electron chi connectivity index (χ0n) is 9.06. The maximum atomic E-state index is 11.8. The fraction of sp³-hybridized carbons (Fsp3) is 0.200. The van der Waals surface area contributed by atoms with Crippen molar-refractivity contribution < 1.29 is 18.9 Å². The second-order valence-corrected chi connectivity index (χ2v) is 3.19. The summed E-state index contributed by atoms with van der Waals surface area (Å²) < 4.78 is 1.35. The molecule has 4 nitrogen and oxygen atoms in total. The van der Waals surface area contributed by atoms with E-state index in [1.807, 2.05) is 12.1 Å². The van der Waals surface area contributed by atoms with Crippen LogP contribution in [0.25, 0.3) is 10.9 Å². The van der Waals surface area contributed by atoms with Crippen molar-refractivity contribution in [2.45, 2.75) is 0 Å². The number of para-hydroxylation sites is 1. The average molecular weight is 195 g/mol. The molecule has 0 N–H and O–H groups in total. The predicted molar refractivity (Wildman–Crippen MR) is 54.9 cm³/mol. The Morgan fingerprint density at radius 3 is 2.67 bits per heavy atom. The predicted octanol–water partition coefficient (Wildman–Crippen LogP) is -2.60. The van der Waals surface area contributed by atoms with Crippen LogP contribution in [0.1, 0.15) is 0 Å². The van der Waals surface area contributed by atoms with Gasteiger partial charge in [0.25, 0.3) is 0 Å². The van der Waals surface area contributed by atoms with Gasteiger partial charge >= 0.3 is 18.9 Å². The minimum atomic E-state index is -0.0967. The van der Waals surface area contributed by atoms with Gasteiger partial charge in [-0.3, -0.25) is 0 Å². The SMILES string of the molecule is CN(C)n1[c-]nc2ccccc2c1=O.[Li+]. The van der Waals surface area contributed by atoms with Gasteiger partial charge in [0.15, 0.2) is 5.56 Å². The molecular formula is C10H10LiN3O.